The Morgan fingerprint density at radius 2 is 1.58 bits per heavy atom. The Hall–Kier alpha value is -6.00. The topological polar surface area (TPSA) is 116 Å². The fraction of sp³-hybridized carbons (Fsp3) is 0.244. The van der Waals surface area contributed by atoms with Gasteiger partial charge in [0.05, 0.1) is 35.4 Å². The number of nitrogens with one attached hydrogen (secondary N) is 1. The Kier molecular flexibility index (Phi) is 8.65. The largest absolute Gasteiger partial charge is 0.508 e. The summed E-state index contributed by atoms with van der Waals surface area (Å²) in [6.45, 7) is 2.45. The molecule has 0 spiro atoms. The Bertz CT molecular complexity index is 2330. The molecule has 3 heterocycles. The van der Waals surface area contributed by atoms with Gasteiger partial charge in [-0.25, -0.2) is 0 Å². The van der Waals surface area contributed by atoms with E-state index in [-0.39, 0.29) is 30.5 Å². The van der Waals surface area contributed by atoms with Crippen LogP contribution in [-0.4, -0.2) is 38.6 Å². The van der Waals surface area contributed by atoms with E-state index in [2.05, 4.69) is 5.43 Å². The van der Waals surface area contributed by atoms with Crippen LogP contribution in [0, 0.1) is 30.6 Å². The van der Waals surface area contributed by atoms with Gasteiger partial charge in [0.15, 0.2) is 0 Å². The van der Waals surface area contributed by atoms with E-state index in [0.717, 1.165) is 26.6 Å². The lowest BCUT2D eigenvalue weighted by atomic mass is 9.49. The highest BCUT2D eigenvalue weighted by Gasteiger charge is 2.70. The Balaban J connectivity index is 1.18. The lowest BCUT2D eigenvalue weighted by molar-refractivity contribution is -0.141. The van der Waals surface area contributed by atoms with Crippen LogP contribution in [0.1, 0.15) is 45.9 Å². The molecule has 2 N–H and O–H groups in total. The van der Waals surface area contributed by atoms with Crippen molar-refractivity contribution in [1.29, 1.82) is 0 Å². The number of phenols is 1. The standard InChI is InChI=1S/C45H39N3O6S/c1-27-14-16-30(17-15-27)46-48-42(51)37-24-36-33(20-21-35-39(36)43(52)47(41(35)50)25-32-13-8-22-55-32)40(45(37,44(48)53)29-11-6-3-7-12-29)34-19-18-31(23-38(34)49)54-26-28-9-4-2-5-10-28/h2-20,22-23,35-37,39-40,46,49H,21,24-26H2,1H3/t35-,36+,37-,39-,40+,45+/m0/s1. The van der Waals surface area contributed by atoms with Gasteiger partial charge < -0.3 is 9.84 Å². The molecule has 3 fully saturated rings. The van der Waals surface area contributed by atoms with E-state index >= 15 is 4.79 Å². The van der Waals surface area contributed by atoms with Crippen molar-refractivity contribution in [2.75, 3.05) is 5.43 Å². The fourth-order valence-electron chi connectivity index (χ4n) is 9.47. The molecule has 4 aliphatic rings. The quantitative estimate of drug-likeness (QED) is 0.118. The third-order valence-corrected chi connectivity index (χ3v) is 12.8. The number of rotatable bonds is 9. The Morgan fingerprint density at radius 1 is 0.836 bits per heavy atom. The molecule has 5 aromatic rings. The number of hydrogen-bond donors (Lipinski definition) is 2. The fourth-order valence-corrected chi connectivity index (χ4v) is 10.2. The SMILES string of the molecule is Cc1ccc(NN2C(=O)[C@@H]3C[C@@H]4C(=CC[C@@H]5C(=O)N(Cc6cccs6)C(=O)[C@@H]54)[C@H](c4ccc(OCc5ccccc5)cc4O)[C@]3(c3ccccc3)C2=O)cc1. The number of imide groups is 2. The number of ether oxygens (including phenoxy) is 1. The zero-order valence-corrected chi connectivity index (χ0v) is 30.9. The van der Waals surface area contributed by atoms with Crippen LogP contribution >= 0.6 is 11.3 Å². The molecule has 4 amide bonds. The third kappa shape index (κ3) is 5.66. The number of amides is 4. The predicted octanol–water partition coefficient (Wildman–Crippen LogP) is 7.53. The molecule has 2 aliphatic carbocycles. The number of thiophene rings is 1. The summed E-state index contributed by atoms with van der Waals surface area (Å²) in [6.07, 6.45) is 2.49. The van der Waals surface area contributed by atoms with Crippen LogP contribution in [0.25, 0.3) is 0 Å². The van der Waals surface area contributed by atoms with Gasteiger partial charge in [-0.3, -0.25) is 29.5 Å². The van der Waals surface area contributed by atoms with E-state index in [1.807, 2.05) is 115 Å². The number of hydrogen-bond acceptors (Lipinski definition) is 8. The first kappa shape index (κ1) is 34.7. The normalized spacial score (nSPS) is 25.7. The first-order valence-electron chi connectivity index (χ1n) is 18.6. The first-order chi connectivity index (χ1) is 26.8. The second-order valence-electron chi connectivity index (χ2n) is 14.9. The summed E-state index contributed by atoms with van der Waals surface area (Å²) in [5.41, 5.74) is 6.07. The summed E-state index contributed by atoms with van der Waals surface area (Å²) < 4.78 is 6.08. The summed E-state index contributed by atoms with van der Waals surface area (Å²) >= 11 is 1.49. The van der Waals surface area contributed by atoms with Crippen LogP contribution in [0.15, 0.2) is 132 Å². The molecule has 2 aliphatic heterocycles. The third-order valence-electron chi connectivity index (χ3n) is 11.9. The maximum atomic E-state index is 15.4. The molecule has 2 saturated heterocycles. The van der Waals surface area contributed by atoms with Crippen molar-refractivity contribution in [2.24, 2.45) is 23.7 Å². The molecular formula is C45H39N3O6S. The van der Waals surface area contributed by atoms with Crippen molar-refractivity contribution < 1.29 is 29.0 Å². The molecule has 1 saturated carbocycles. The van der Waals surface area contributed by atoms with Crippen molar-refractivity contribution >= 4 is 40.7 Å². The van der Waals surface area contributed by atoms with Crippen LogP contribution in [-0.2, 0) is 37.7 Å². The number of carbonyl (C=O) groups excluding carboxylic acids is 4. The van der Waals surface area contributed by atoms with Crippen molar-refractivity contribution in [3.8, 4) is 11.5 Å². The van der Waals surface area contributed by atoms with Crippen molar-refractivity contribution in [3.05, 3.63) is 159 Å². The summed E-state index contributed by atoms with van der Waals surface area (Å²) in [5.74, 6) is -4.58. The number of nitrogens with zero attached hydrogens (tertiary/aromatic N) is 2. The van der Waals surface area contributed by atoms with Gasteiger partial charge in [-0.2, -0.15) is 5.01 Å². The lowest BCUT2D eigenvalue weighted by Gasteiger charge is -2.50. The van der Waals surface area contributed by atoms with E-state index in [1.54, 1.807) is 18.2 Å². The van der Waals surface area contributed by atoms with Gasteiger partial charge in [0, 0.05) is 22.4 Å². The van der Waals surface area contributed by atoms with Gasteiger partial charge in [-0.05, 0) is 66.5 Å². The molecule has 4 aromatic carbocycles. The maximum Gasteiger partial charge on any atom is 0.260 e. The van der Waals surface area contributed by atoms with E-state index < -0.39 is 46.8 Å². The first-order valence-corrected chi connectivity index (χ1v) is 19.5. The molecule has 6 atom stereocenters. The molecule has 9 rings (SSSR count). The van der Waals surface area contributed by atoms with Crippen molar-refractivity contribution in [3.63, 3.8) is 0 Å². The summed E-state index contributed by atoms with van der Waals surface area (Å²) in [6, 6.07) is 35.4. The molecule has 1 aromatic heterocycles. The molecule has 276 valence electrons. The molecule has 9 nitrogen and oxygen atoms in total. The van der Waals surface area contributed by atoms with Gasteiger partial charge in [-0.15, -0.1) is 11.3 Å². The highest BCUT2D eigenvalue weighted by atomic mass is 32.1. The number of carbonyl (C=O) groups is 4. The number of anilines is 1. The molecule has 0 bridgehead atoms. The number of aryl methyl sites for hydroxylation is 1. The minimum atomic E-state index is -1.49. The van der Waals surface area contributed by atoms with Gasteiger partial charge in [-0.1, -0.05) is 102 Å². The van der Waals surface area contributed by atoms with Gasteiger partial charge in [0.2, 0.25) is 11.8 Å². The Labute approximate surface area is 322 Å². The summed E-state index contributed by atoms with van der Waals surface area (Å²) in [5, 5.41) is 15.0. The zero-order chi connectivity index (χ0) is 37.8. The van der Waals surface area contributed by atoms with Crippen LogP contribution < -0.4 is 10.2 Å². The second-order valence-corrected chi connectivity index (χ2v) is 16.0. The van der Waals surface area contributed by atoms with E-state index in [0.29, 0.717) is 35.6 Å². The minimum absolute atomic E-state index is 0.0911. The Morgan fingerprint density at radius 3 is 2.29 bits per heavy atom. The van der Waals surface area contributed by atoms with E-state index in [1.165, 1.54) is 16.2 Å². The van der Waals surface area contributed by atoms with Gasteiger partial charge >= 0.3 is 0 Å². The van der Waals surface area contributed by atoms with Crippen LogP contribution in [0.5, 0.6) is 11.5 Å². The number of allylic oxidation sites excluding steroid dienone is 2. The average Bonchev–Trinajstić information content (AvgIpc) is 3.87. The zero-order valence-electron chi connectivity index (χ0n) is 30.1. The number of hydrazine groups is 1. The minimum Gasteiger partial charge on any atom is -0.508 e. The monoisotopic (exact) mass is 749 g/mol. The van der Waals surface area contributed by atoms with Crippen LogP contribution in [0.2, 0.25) is 0 Å². The van der Waals surface area contributed by atoms with Crippen molar-refractivity contribution in [2.45, 2.75) is 44.2 Å². The second kappa shape index (κ2) is 13.7. The van der Waals surface area contributed by atoms with Gasteiger partial charge in [0.25, 0.3) is 11.8 Å². The molecule has 10 heteroatoms. The highest BCUT2D eigenvalue weighted by molar-refractivity contribution is 7.09. The van der Waals surface area contributed by atoms with Crippen LogP contribution in [0.3, 0.4) is 0 Å². The number of likely N-dealkylation sites (tertiary alicyclic amines) is 1. The molecule has 0 unspecified atom stereocenters. The number of phenolic OH excluding ortho intramolecular Hbond substituents is 1. The van der Waals surface area contributed by atoms with Crippen molar-refractivity contribution in [1.82, 2.24) is 9.91 Å². The molecular weight excluding hydrogens is 711 g/mol. The summed E-state index contributed by atoms with van der Waals surface area (Å²) in [7, 11) is 0. The number of fused-ring (bicyclic) bond motifs is 4. The van der Waals surface area contributed by atoms with E-state index in [9.17, 15) is 19.5 Å². The average molecular weight is 750 g/mol. The van der Waals surface area contributed by atoms with Gasteiger partial charge in [0.1, 0.15) is 18.1 Å². The number of benzene rings is 4. The van der Waals surface area contributed by atoms with Crippen LogP contribution in [0.4, 0.5) is 5.69 Å². The molecule has 0 radical (unpaired) electrons. The van der Waals surface area contributed by atoms with E-state index in [4.69, 9.17) is 4.74 Å². The lowest BCUT2D eigenvalue weighted by Crippen LogP contribution is -2.53. The smallest absolute Gasteiger partial charge is 0.260 e. The summed E-state index contributed by atoms with van der Waals surface area (Å²) in [4.78, 5) is 61.0. The maximum absolute atomic E-state index is 15.4. The highest BCUT2D eigenvalue weighted by Crippen LogP contribution is 2.65. The predicted molar refractivity (Wildman–Crippen MR) is 208 cm³/mol. The molecule has 55 heavy (non-hydrogen) atoms. The number of aromatic hydroxyl groups is 1.